The Balaban J connectivity index is 3.56. The van der Waals surface area contributed by atoms with E-state index in [2.05, 4.69) is 4.52 Å². The van der Waals surface area contributed by atoms with Crippen LogP contribution in [0.2, 0.25) is 0 Å². The quantitative estimate of drug-likeness (QED) is 0.469. The van der Waals surface area contributed by atoms with Gasteiger partial charge in [-0.05, 0) is 0 Å². The molecule has 0 radical (unpaired) electrons. The molecule has 0 heterocycles. The normalized spacial score (nSPS) is 12.1. The van der Waals surface area contributed by atoms with E-state index in [0.717, 1.165) is 0 Å². The lowest BCUT2D eigenvalue weighted by Gasteiger charge is -2.15. The van der Waals surface area contributed by atoms with E-state index in [1.54, 1.807) is 13.8 Å². The van der Waals surface area contributed by atoms with Gasteiger partial charge in [-0.1, -0.05) is 13.8 Å². The molecule has 0 aromatic rings. The molecule has 0 amide bonds. The Bertz CT molecular complexity index is 112. The van der Waals surface area contributed by atoms with Crippen LogP contribution < -0.4 is 0 Å². The van der Waals surface area contributed by atoms with Crippen LogP contribution in [0.5, 0.6) is 0 Å². The van der Waals surface area contributed by atoms with Crippen LogP contribution in [0, 0.1) is 5.41 Å². The topological polar surface area (TPSA) is 66.8 Å². The SMILES string of the molecule is CC(C)(C=O)COP(O)O. The largest absolute Gasteiger partial charge is 0.328 e. The minimum absolute atomic E-state index is 0.0369. The standard InChI is InChI=1S/C5H11O4P/c1-5(2,3-6)4-9-10(7)8/h3,7-8H,4H2,1-2H3. The van der Waals surface area contributed by atoms with Gasteiger partial charge in [-0.25, -0.2) is 0 Å². The van der Waals surface area contributed by atoms with E-state index in [1.165, 1.54) is 0 Å². The molecule has 0 bridgehead atoms. The van der Waals surface area contributed by atoms with Crippen LogP contribution in [0.15, 0.2) is 0 Å². The zero-order valence-corrected chi connectivity index (χ0v) is 6.84. The molecule has 0 aromatic carbocycles. The number of carbonyl (C=O) groups is 1. The molecule has 60 valence electrons. The Hall–Kier alpha value is -0.0200. The van der Waals surface area contributed by atoms with Gasteiger partial charge in [0.2, 0.25) is 0 Å². The third-order valence-electron chi connectivity index (χ3n) is 0.871. The first kappa shape index (κ1) is 9.98. The summed E-state index contributed by atoms with van der Waals surface area (Å²) < 4.78 is 4.44. The lowest BCUT2D eigenvalue weighted by atomic mass is 9.98. The second-order valence-corrected chi connectivity index (χ2v) is 3.40. The summed E-state index contributed by atoms with van der Waals surface area (Å²) in [5.41, 5.74) is -0.633. The fourth-order valence-electron chi connectivity index (χ4n) is 0.258. The molecule has 10 heavy (non-hydrogen) atoms. The summed E-state index contributed by atoms with van der Waals surface area (Å²) in [6.45, 7) is 3.34. The number of carbonyl (C=O) groups excluding carboxylic acids is 1. The van der Waals surface area contributed by atoms with Crippen molar-refractivity contribution in [1.82, 2.24) is 0 Å². The van der Waals surface area contributed by atoms with Gasteiger partial charge in [0.1, 0.15) is 6.29 Å². The van der Waals surface area contributed by atoms with E-state index in [9.17, 15) is 4.79 Å². The minimum atomic E-state index is -2.33. The predicted octanol–water partition coefficient (Wildman–Crippen LogP) is 0.440. The first-order valence-corrected chi connectivity index (χ1v) is 3.91. The van der Waals surface area contributed by atoms with Gasteiger partial charge in [-0.15, -0.1) is 0 Å². The van der Waals surface area contributed by atoms with E-state index < -0.39 is 14.0 Å². The zero-order chi connectivity index (χ0) is 8.20. The second-order valence-electron chi connectivity index (χ2n) is 2.63. The molecular formula is C5H11O4P. The first-order valence-electron chi connectivity index (χ1n) is 2.75. The van der Waals surface area contributed by atoms with Crippen molar-refractivity contribution in [3.05, 3.63) is 0 Å². The molecule has 0 saturated heterocycles. The molecule has 4 nitrogen and oxygen atoms in total. The van der Waals surface area contributed by atoms with E-state index in [-0.39, 0.29) is 6.61 Å². The summed E-state index contributed by atoms with van der Waals surface area (Å²) in [5, 5.41) is 0. The lowest BCUT2D eigenvalue weighted by molar-refractivity contribution is -0.116. The molecule has 0 aliphatic carbocycles. The van der Waals surface area contributed by atoms with Crippen molar-refractivity contribution in [3.8, 4) is 0 Å². The Labute approximate surface area is 60.8 Å². The lowest BCUT2D eigenvalue weighted by Crippen LogP contribution is -2.19. The van der Waals surface area contributed by atoms with Gasteiger partial charge in [-0.3, -0.25) is 0 Å². The number of hydrogen-bond donors (Lipinski definition) is 2. The molecule has 0 unspecified atom stereocenters. The molecule has 0 saturated carbocycles. The van der Waals surface area contributed by atoms with Crippen molar-refractivity contribution in [1.29, 1.82) is 0 Å². The van der Waals surface area contributed by atoms with Crippen LogP contribution in [0.25, 0.3) is 0 Å². The summed E-state index contributed by atoms with van der Waals surface area (Å²) in [6, 6.07) is 0. The van der Waals surface area contributed by atoms with Gasteiger partial charge in [0, 0.05) is 5.41 Å². The molecule has 0 rings (SSSR count). The molecule has 0 atom stereocenters. The molecule has 0 spiro atoms. The first-order chi connectivity index (χ1) is 4.48. The average molecular weight is 166 g/mol. The van der Waals surface area contributed by atoms with Crippen molar-refractivity contribution in [3.63, 3.8) is 0 Å². The smallest absolute Gasteiger partial charge is 0.327 e. The average Bonchev–Trinajstić information content (AvgIpc) is 1.85. The minimum Gasteiger partial charge on any atom is -0.328 e. The maximum atomic E-state index is 10.2. The van der Waals surface area contributed by atoms with Gasteiger partial charge < -0.3 is 19.1 Å². The second kappa shape index (κ2) is 3.98. The molecule has 5 heteroatoms. The van der Waals surface area contributed by atoms with Crippen molar-refractivity contribution in [2.24, 2.45) is 5.41 Å². The fourth-order valence-corrected chi connectivity index (χ4v) is 0.706. The summed E-state index contributed by atoms with van der Waals surface area (Å²) in [4.78, 5) is 26.8. The maximum absolute atomic E-state index is 10.2. The van der Waals surface area contributed by atoms with Crippen LogP contribution in [-0.4, -0.2) is 22.7 Å². The van der Waals surface area contributed by atoms with Crippen molar-refractivity contribution >= 4 is 14.9 Å². The number of rotatable bonds is 4. The van der Waals surface area contributed by atoms with Crippen LogP contribution in [0.4, 0.5) is 0 Å². The van der Waals surface area contributed by atoms with Crippen LogP contribution in [0.1, 0.15) is 13.8 Å². The Kier molecular flexibility index (Phi) is 3.98. The maximum Gasteiger partial charge on any atom is 0.327 e. The number of aldehydes is 1. The molecule has 0 aliphatic rings. The highest BCUT2D eigenvalue weighted by atomic mass is 31.2. The summed E-state index contributed by atoms with van der Waals surface area (Å²) in [7, 11) is -2.33. The van der Waals surface area contributed by atoms with E-state index in [4.69, 9.17) is 9.79 Å². The highest BCUT2D eigenvalue weighted by Crippen LogP contribution is 2.27. The number of hydrogen-bond acceptors (Lipinski definition) is 4. The van der Waals surface area contributed by atoms with Crippen LogP contribution in [-0.2, 0) is 9.32 Å². The van der Waals surface area contributed by atoms with Crippen molar-refractivity contribution in [2.75, 3.05) is 6.61 Å². The van der Waals surface area contributed by atoms with Gasteiger partial charge in [0.15, 0.2) is 0 Å². The molecule has 0 aliphatic heterocycles. The molecular weight excluding hydrogens is 155 g/mol. The van der Waals surface area contributed by atoms with E-state index in [1.807, 2.05) is 0 Å². The third-order valence-corrected chi connectivity index (χ3v) is 1.23. The third kappa shape index (κ3) is 4.82. The highest BCUT2D eigenvalue weighted by molar-refractivity contribution is 7.39. The van der Waals surface area contributed by atoms with E-state index in [0.29, 0.717) is 6.29 Å². The van der Waals surface area contributed by atoms with Crippen LogP contribution >= 0.6 is 8.60 Å². The van der Waals surface area contributed by atoms with Crippen LogP contribution in [0.3, 0.4) is 0 Å². The monoisotopic (exact) mass is 166 g/mol. The van der Waals surface area contributed by atoms with Gasteiger partial charge in [-0.2, -0.15) is 0 Å². The molecule has 0 fully saturated rings. The molecule has 2 N–H and O–H groups in total. The predicted molar refractivity (Wildman–Crippen MR) is 37.2 cm³/mol. The highest BCUT2D eigenvalue weighted by Gasteiger charge is 2.18. The Morgan fingerprint density at radius 3 is 2.40 bits per heavy atom. The van der Waals surface area contributed by atoms with Gasteiger partial charge in [0.25, 0.3) is 0 Å². The van der Waals surface area contributed by atoms with Crippen molar-refractivity contribution in [2.45, 2.75) is 13.8 Å². The van der Waals surface area contributed by atoms with Crippen molar-refractivity contribution < 1.29 is 19.1 Å². The van der Waals surface area contributed by atoms with Gasteiger partial charge in [0.05, 0.1) is 6.61 Å². The van der Waals surface area contributed by atoms with E-state index >= 15 is 0 Å². The molecule has 0 aromatic heterocycles. The summed E-state index contributed by atoms with van der Waals surface area (Å²) in [6.07, 6.45) is 0.714. The Morgan fingerprint density at radius 2 is 2.10 bits per heavy atom. The van der Waals surface area contributed by atoms with Gasteiger partial charge >= 0.3 is 8.60 Å². The fraction of sp³-hybridized carbons (Fsp3) is 0.800. The summed E-state index contributed by atoms with van der Waals surface area (Å²) in [5.74, 6) is 0. The summed E-state index contributed by atoms with van der Waals surface area (Å²) >= 11 is 0. The Morgan fingerprint density at radius 1 is 1.60 bits per heavy atom. The zero-order valence-electron chi connectivity index (χ0n) is 5.94.